The van der Waals surface area contributed by atoms with E-state index < -0.39 is 6.04 Å². The summed E-state index contributed by atoms with van der Waals surface area (Å²) in [6, 6.07) is 8.05. The highest BCUT2D eigenvalue weighted by Gasteiger charge is 2.21. The van der Waals surface area contributed by atoms with E-state index in [1.165, 1.54) is 25.1 Å². The molecule has 22 heavy (non-hydrogen) atoms. The maximum atomic E-state index is 11.5. The molecular formula is C18H29N3O. The Kier molecular flexibility index (Phi) is 5.98. The summed E-state index contributed by atoms with van der Waals surface area (Å²) in [6.07, 6.45) is 1.34. The second kappa shape index (κ2) is 7.75. The van der Waals surface area contributed by atoms with Crippen molar-refractivity contribution in [2.45, 2.75) is 46.3 Å². The minimum atomic E-state index is -0.456. The van der Waals surface area contributed by atoms with Gasteiger partial charge in [0.25, 0.3) is 0 Å². The van der Waals surface area contributed by atoms with Crippen molar-refractivity contribution in [3.63, 3.8) is 0 Å². The molecule has 1 aliphatic rings. The average Bonchev–Trinajstić information content (AvgIpc) is 2.45. The number of hydrogen-bond donors (Lipinski definition) is 2. The van der Waals surface area contributed by atoms with E-state index in [2.05, 4.69) is 48.3 Å². The van der Waals surface area contributed by atoms with E-state index in [0.29, 0.717) is 6.54 Å². The summed E-state index contributed by atoms with van der Waals surface area (Å²) in [5.41, 5.74) is 7.98. The largest absolute Gasteiger partial charge is 0.351 e. The number of likely N-dealkylation sites (tertiary alicyclic amines) is 1. The number of nitrogens with one attached hydrogen (secondary N) is 1. The molecule has 0 spiro atoms. The molecule has 2 rings (SSSR count). The standard InChI is InChI=1S/C18H29N3O/c1-13-8-14(2)11-21(10-13)12-17-6-4-16(5-7-17)9-20-18(22)15(3)19/h4-7,13-15H,8-12,19H2,1-3H3,(H,20,22)/t13?,14?,15-/m1/s1. The molecule has 4 nitrogen and oxygen atoms in total. The third-order valence-electron chi connectivity index (χ3n) is 4.25. The first kappa shape index (κ1) is 17.0. The number of carbonyl (C=O) groups is 1. The zero-order chi connectivity index (χ0) is 16.1. The summed E-state index contributed by atoms with van der Waals surface area (Å²) >= 11 is 0. The van der Waals surface area contributed by atoms with Gasteiger partial charge in [0.1, 0.15) is 0 Å². The van der Waals surface area contributed by atoms with E-state index in [4.69, 9.17) is 5.73 Å². The fourth-order valence-electron chi connectivity index (χ4n) is 3.29. The smallest absolute Gasteiger partial charge is 0.236 e. The number of hydrogen-bond acceptors (Lipinski definition) is 3. The number of piperidine rings is 1. The van der Waals surface area contributed by atoms with E-state index in [1.807, 2.05) is 0 Å². The predicted octanol–water partition coefficient (Wildman–Crippen LogP) is 2.13. The Morgan fingerprint density at radius 3 is 2.32 bits per heavy atom. The Bertz CT molecular complexity index is 474. The molecule has 1 aliphatic heterocycles. The van der Waals surface area contributed by atoms with Gasteiger partial charge in [-0.2, -0.15) is 0 Å². The molecule has 122 valence electrons. The summed E-state index contributed by atoms with van der Waals surface area (Å²) in [5, 5.41) is 2.84. The van der Waals surface area contributed by atoms with Crippen LogP contribution < -0.4 is 11.1 Å². The van der Waals surface area contributed by atoms with Crippen molar-refractivity contribution in [2.75, 3.05) is 13.1 Å². The summed E-state index contributed by atoms with van der Waals surface area (Å²) in [5.74, 6) is 1.47. The number of carbonyl (C=O) groups excluding carboxylic acids is 1. The Morgan fingerprint density at radius 1 is 1.23 bits per heavy atom. The zero-order valence-electron chi connectivity index (χ0n) is 14.0. The van der Waals surface area contributed by atoms with Crippen LogP contribution in [-0.4, -0.2) is 29.9 Å². The molecule has 1 fully saturated rings. The van der Waals surface area contributed by atoms with Crippen molar-refractivity contribution in [3.05, 3.63) is 35.4 Å². The lowest BCUT2D eigenvalue weighted by atomic mass is 9.91. The fraction of sp³-hybridized carbons (Fsp3) is 0.611. The van der Waals surface area contributed by atoms with Crippen molar-refractivity contribution in [2.24, 2.45) is 17.6 Å². The Balaban J connectivity index is 1.85. The van der Waals surface area contributed by atoms with Gasteiger partial charge in [0.05, 0.1) is 6.04 Å². The second-order valence-corrected chi connectivity index (χ2v) is 6.96. The van der Waals surface area contributed by atoms with Crippen molar-refractivity contribution >= 4 is 5.91 Å². The molecule has 1 saturated heterocycles. The van der Waals surface area contributed by atoms with Crippen LogP contribution in [0.5, 0.6) is 0 Å². The summed E-state index contributed by atoms with van der Waals surface area (Å²) in [4.78, 5) is 14.0. The van der Waals surface area contributed by atoms with Gasteiger partial charge in [-0.3, -0.25) is 9.69 Å². The molecule has 3 N–H and O–H groups in total. The molecule has 0 radical (unpaired) electrons. The van der Waals surface area contributed by atoms with E-state index in [0.717, 1.165) is 23.9 Å². The van der Waals surface area contributed by atoms with Crippen LogP contribution in [0.3, 0.4) is 0 Å². The fourth-order valence-corrected chi connectivity index (χ4v) is 3.29. The first-order chi connectivity index (χ1) is 10.4. The van der Waals surface area contributed by atoms with Crippen LogP contribution in [-0.2, 0) is 17.9 Å². The Morgan fingerprint density at radius 2 is 1.77 bits per heavy atom. The van der Waals surface area contributed by atoms with E-state index in [1.54, 1.807) is 6.92 Å². The summed E-state index contributed by atoms with van der Waals surface area (Å²) < 4.78 is 0. The van der Waals surface area contributed by atoms with Gasteiger partial charge >= 0.3 is 0 Å². The molecule has 0 bridgehead atoms. The SMILES string of the molecule is CC1CC(C)CN(Cc2ccc(CNC(=O)[C@@H](C)N)cc2)C1. The van der Waals surface area contributed by atoms with Crippen molar-refractivity contribution in [3.8, 4) is 0 Å². The molecule has 1 heterocycles. The van der Waals surface area contributed by atoms with Gasteiger partial charge in [-0.15, -0.1) is 0 Å². The summed E-state index contributed by atoms with van der Waals surface area (Å²) in [7, 11) is 0. The van der Waals surface area contributed by atoms with Crippen molar-refractivity contribution in [1.82, 2.24) is 10.2 Å². The number of nitrogens with zero attached hydrogens (tertiary/aromatic N) is 1. The van der Waals surface area contributed by atoms with Crippen molar-refractivity contribution < 1.29 is 4.79 Å². The van der Waals surface area contributed by atoms with E-state index >= 15 is 0 Å². The van der Waals surface area contributed by atoms with Crippen LogP contribution in [0.1, 0.15) is 38.3 Å². The number of rotatable bonds is 5. The molecule has 1 aromatic carbocycles. The van der Waals surface area contributed by atoms with Gasteiger partial charge < -0.3 is 11.1 Å². The van der Waals surface area contributed by atoms with Gasteiger partial charge in [-0.05, 0) is 36.3 Å². The minimum absolute atomic E-state index is 0.111. The molecule has 1 amide bonds. The van der Waals surface area contributed by atoms with Crippen LogP contribution in [0.4, 0.5) is 0 Å². The lowest BCUT2D eigenvalue weighted by Crippen LogP contribution is -2.38. The first-order valence-corrected chi connectivity index (χ1v) is 8.27. The topological polar surface area (TPSA) is 58.4 Å². The molecule has 0 aliphatic carbocycles. The zero-order valence-corrected chi connectivity index (χ0v) is 14.0. The van der Waals surface area contributed by atoms with Gasteiger partial charge in [-0.25, -0.2) is 0 Å². The average molecular weight is 303 g/mol. The minimum Gasteiger partial charge on any atom is -0.351 e. The van der Waals surface area contributed by atoms with Crippen LogP contribution in [0, 0.1) is 11.8 Å². The Hall–Kier alpha value is -1.39. The molecule has 4 heteroatoms. The molecule has 0 aromatic heterocycles. The lowest BCUT2D eigenvalue weighted by Gasteiger charge is -2.35. The third-order valence-corrected chi connectivity index (χ3v) is 4.25. The van der Waals surface area contributed by atoms with Gasteiger partial charge in [0.15, 0.2) is 0 Å². The Labute approximate surface area is 134 Å². The molecule has 2 unspecified atom stereocenters. The van der Waals surface area contributed by atoms with Gasteiger partial charge in [-0.1, -0.05) is 38.1 Å². The number of amides is 1. The quantitative estimate of drug-likeness (QED) is 0.876. The molecule has 3 atom stereocenters. The van der Waals surface area contributed by atoms with E-state index in [9.17, 15) is 4.79 Å². The molecule has 0 saturated carbocycles. The van der Waals surface area contributed by atoms with Gasteiger partial charge in [0, 0.05) is 26.2 Å². The van der Waals surface area contributed by atoms with Crippen LogP contribution >= 0.6 is 0 Å². The van der Waals surface area contributed by atoms with E-state index in [-0.39, 0.29) is 5.91 Å². The molecular weight excluding hydrogens is 274 g/mol. The number of nitrogens with two attached hydrogens (primary N) is 1. The maximum absolute atomic E-state index is 11.5. The van der Waals surface area contributed by atoms with Crippen molar-refractivity contribution in [1.29, 1.82) is 0 Å². The number of benzene rings is 1. The predicted molar refractivity (Wildman–Crippen MR) is 90.2 cm³/mol. The highest BCUT2D eigenvalue weighted by Crippen LogP contribution is 2.22. The lowest BCUT2D eigenvalue weighted by molar-refractivity contribution is -0.122. The highest BCUT2D eigenvalue weighted by atomic mass is 16.2. The van der Waals surface area contributed by atoms with Crippen LogP contribution in [0.2, 0.25) is 0 Å². The van der Waals surface area contributed by atoms with Gasteiger partial charge in [0.2, 0.25) is 5.91 Å². The van der Waals surface area contributed by atoms with Crippen LogP contribution in [0.25, 0.3) is 0 Å². The monoisotopic (exact) mass is 303 g/mol. The third kappa shape index (κ3) is 5.11. The summed E-state index contributed by atoms with van der Waals surface area (Å²) in [6.45, 7) is 10.3. The highest BCUT2D eigenvalue weighted by molar-refractivity contribution is 5.80. The maximum Gasteiger partial charge on any atom is 0.236 e. The second-order valence-electron chi connectivity index (χ2n) is 6.96. The van der Waals surface area contributed by atoms with Crippen LogP contribution in [0.15, 0.2) is 24.3 Å². The first-order valence-electron chi connectivity index (χ1n) is 8.27. The molecule has 1 aromatic rings. The normalized spacial score (nSPS) is 24.0.